The molecule has 102 valence electrons. The maximum atomic E-state index is 13.3. The topological polar surface area (TPSA) is 17.1 Å². The molecular weight excluding hydrogens is 265 g/mol. The summed E-state index contributed by atoms with van der Waals surface area (Å²) >= 11 is 0. The molecular formula is C16H11F3O. The van der Waals surface area contributed by atoms with E-state index in [1.165, 1.54) is 36.4 Å². The number of carbonyl (C=O) groups is 1. The number of rotatable bonds is 3. The van der Waals surface area contributed by atoms with E-state index in [1.54, 1.807) is 24.3 Å². The lowest BCUT2D eigenvalue weighted by atomic mass is 9.95. The van der Waals surface area contributed by atoms with Crippen LogP contribution in [0, 0.1) is 0 Å². The third-order valence-electron chi connectivity index (χ3n) is 2.82. The standard InChI is InChI=1S/C16H11F3O/c17-16(18,19)15(13-9-5-2-6-10-13)14(11-20)12-7-3-1-4-8-12/h1-11H/b15-14-. The van der Waals surface area contributed by atoms with Crippen LogP contribution in [0.1, 0.15) is 11.1 Å². The zero-order valence-electron chi connectivity index (χ0n) is 10.4. The maximum Gasteiger partial charge on any atom is 0.417 e. The zero-order valence-corrected chi connectivity index (χ0v) is 10.4. The Hall–Kier alpha value is -2.36. The van der Waals surface area contributed by atoms with Gasteiger partial charge >= 0.3 is 6.18 Å². The Bertz CT molecular complexity index is 613. The fraction of sp³-hybridized carbons (Fsp3) is 0.0625. The van der Waals surface area contributed by atoms with E-state index in [-0.39, 0.29) is 23.0 Å². The van der Waals surface area contributed by atoms with Gasteiger partial charge in [-0.3, -0.25) is 4.79 Å². The molecule has 0 aliphatic rings. The summed E-state index contributed by atoms with van der Waals surface area (Å²) < 4.78 is 39.9. The molecule has 0 N–H and O–H groups in total. The van der Waals surface area contributed by atoms with Crippen LogP contribution in [0.5, 0.6) is 0 Å². The van der Waals surface area contributed by atoms with Crippen molar-refractivity contribution in [3.8, 4) is 0 Å². The van der Waals surface area contributed by atoms with Crippen LogP contribution in [0.25, 0.3) is 11.1 Å². The Morgan fingerprint density at radius 1 is 0.800 bits per heavy atom. The predicted molar refractivity (Wildman–Crippen MR) is 71.8 cm³/mol. The summed E-state index contributed by atoms with van der Waals surface area (Å²) in [5, 5.41) is 0. The molecule has 0 amide bonds. The second-order valence-corrected chi connectivity index (χ2v) is 4.14. The summed E-state index contributed by atoms with van der Waals surface area (Å²) in [5.41, 5.74) is -1.05. The van der Waals surface area contributed by atoms with Gasteiger partial charge in [0.15, 0.2) is 6.29 Å². The lowest BCUT2D eigenvalue weighted by molar-refractivity contribution is -0.103. The molecule has 0 aliphatic heterocycles. The van der Waals surface area contributed by atoms with Crippen molar-refractivity contribution in [2.24, 2.45) is 0 Å². The first-order valence-electron chi connectivity index (χ1n) is 5.91. The number of carbonyl (C=O) groups excluding carboxylic acids is 1. The Balaban J connectivity index is 2.72. The van der Waals surface area contributed by atoms with Crippen molar-refractivity contribution in [1.29, 1.82) is 0 Å². The van der Waals surface area contributed by atoms with Gasteiger partial charge in [-0.1, -0.05) is 60.7 Å². The fourth-order valence-electron chi connectivity index (χ4n) is 1.97. The van der Waals surface area contributed by atoms with Crippen molar-refractivity contribution in [3.05, 3.63) is 71.8 Å². The third kappa shape index (κ3) is 2.96. The first kappa shape index (κ1) is 14.1. The molecule has 0 atom stereocenters. The Morgan fingerprint density at radius 3 is 1.65 bits per heavy atom. The molecule has 0 unspecified atom stereocenters. The molecule has 20 heavy (non-hydrogen) atoms. The molecule has 0 radical (unpaired) electrons. The van der Waals surface area contributed by atoms with Gasteiger partial charge in [0.25, 0.3) is 0 Å². The summed E-state index contributed by atoms with van der Waals surface area (Å²) in [6.45, 7) is 0. The Morgan fingerprint density at radius 2 is 1.25 bits per heavy atom. The molecule has 2 aromatic carbocycles. The molecule has 0 aromatic heterocycles. The van der Waals surface area contributed by atoms with Crippen LogP contribution in [0.15, 0.2) is 60.7 Å². The van der Waals surface area contributed by atoms with Crippen LogP contribution in [-0.4, -0.2) is 12.5 Å². The summed E-state index contributed by atoms with van der Waals surface area (Å²) in [7, 11) is 0. The van der Waals surface area contributed by atoms with Gasteiger partial charge in [-0.25, -0.2) is 0 Å². The number of hydrogen-bond donors (Lipinski definition) is 0. The third-order valence-corrected chi connectivity index (χ3v) is 2.82. The number of hydrogen-bond acceptors (Lipinski definition) is 1. The highest BCUT2D eigenvalue weighted by Gasteiger charge is 2.37. The van der Waals surface area contributed by atoms with Crippen LogP contribution in [-0.2, 0) is 4.79 Å². The lowest BCUT2D eigenvalue weighted by Crippen LogP contribution is -2.13. The van der Waals surface area contributed by atoms with Gasteiger partial charge in [-0.05, 0) is 11.1 Å². The van der Waals surface area contributed by atoms with E-state index in [4.69, 9.17) is 0 Å². The number of allylic oxidation sites excluding steroid dienone is 2. The lowest BCUT2D eigenvalue weighted by Gasteiger charge is -2.15. The predicted octanol–water partition coefficient (Wildman–Crippen LogP) is 4.36. The van der Waals surface area contributed by atoms with Gasteiger partial charge in [-0.2, -0.15) is 13.2 Å². The van der Waals surface area contributed by atoms with Gasteiger partial charge in [0.2, 0.25) is 0 Å². The van der Waals surface area contributed by atoms with Crippen molar-refractivity contribution < 1.29 is 18.0 Å². The van der Waals surface area contributed by atoms with Gasteiger partial charge in [0.1, 0.15) is 0 Å². The molecule has 1 nitrogen and oxygen atoms in total. The minimum absolute atomic E-state index is 0.0223. The van der Waals surface area contributed by atoms with E-state index >= 15 is 0 Å². The van der Waals surface area contributed by atoms with Gasteiger partial charge < -0.3 is 0 Å². The van der Waals surface area contributed by atoms with Crippen LogP contribution >= 0.6 is 0 Å². The SMILES string of the molecule is O=C/C(=C(\c1ccccc1)C(F)(F)F)c1ccccc1. The molecule has 0 fully saturated rings. The highest BCUT2D eigenvalue weighted by Crippen LogP contribution is 2.38. The van der Waals surface area contributed by atoms with Crippen molar-refractivity contribution >= 4 is 17.4 Å². The normalized spacial score (nSPS) is 12.8. The highest BCUT2D eigenvalue weighted by atomic mass is 19.4. The molecule has 0 spiro atoms. The second kappa shape index (κ2) is 5.74. The van der Waals surface area contributed by atoms with E-state index in [0.29, 0.717) is 0 Å². The zero-order chi connectivity index (χ0) is 14.6. The summed E-state index contributed by atoms with van der Waals surface area (Å²) in [5.74, 6) is 0. The number of alkyl halides is 3. The quantitative estimate of drug-likeness (QED) is 0.462. The first-order valence-corrected chi connectivity index (χ1v) is 5.91. The van der Waals surface area contributed by atoms with E-state index in [9.17, 15) is 18.0 Å². The molecule has 4 heteroatoms. The van der Waals surface area contributed by atoms with Crippen LogP contribution in [0.4, 0.5) is 13.2 Å². The average molecular weight is 276 g/mol. The summed E-state index contributed by atoms with van der Waals surface area (Å²) in [6.07, 6.45) is -4.35. The van der Waals surface area contributed by atoms with Gasteiger partial charge in [0.05, 0.1) is 5.57 Å². The molecule has 0 saturated heterocycles. The largest absolute Gasteiger partial charge is 0.417 e. The summed E-state index contributed by atoms with van der Waals surface area (Å²) in [4.78, 5) is 11.2. The fourth-order valence-corrected chi connectivity index (χ4v) is 1.97. The first-order chi connectivity index (χ1) is 9.54. The van der Waals surface area contributed by atoms with Crippen molar-refractivity contribution in [2.75, 3.05) is 0 Å². The van der Waals surface area contributed by atoms with Crippen LogP contribution in [0.3, 0.4) is 0 Å². The smallest absolute Gasteiger partial charge is 0.298 e. The molecule has 0 heterocycles. The van der Waals surface area contributed by atoms with Crippen LogP contribution < -0.4 is 0 Å². The van der Waals surface area contributed by atoms with Crippen molar-refractivity contribution in [1.82, 2.24) is 0 Å². The van der Waals surface area contributed by atoms with E-state index in [0.717, 1.165) is 0 Å². The van der Waals surface area contributed by atoms with Crippen molar-refractivity contribution in [3.63, 3.8) is 0 Å². The van der Waals surface area contributed by atoms with E-state index in [1.807, 2.05) is 0 Å². The summed E-state index contributed by atoms with van der Waals surface area (Å²) in [6, 6.07) is 15.2. The monoisotopic (exact) mass is 276 g/mol. The van der Waals surface area contributed by atoms with Gasteiger partial charge in [-0.15, -0.1) is 0 Å². The minimum Gasteiger partial charge on any atom is -0.298 e. The average Bonchev–Trinajstić information content (AvgIpc) is 2.45. The molecule has 0 aliphatic carbocycles. The molecule has 2 rings (SSSR count). The number of halogens is 3. The number of aldehydes is 1. The van der Waals surface area contributed by atoms with Crippen LogP contribution in [0.2, 0.25) is 0 Å². The minimum atomic E-state index is -4.60. The Kier molecular flexibility index (Phi) is 4.03. The maximum absolute atomic E-state index is 13.3. The van der Waals surface area contributed by atoms with E-state index in [2.05, 4.69) is 0 Å². The molecule has 0 bridgehead atoms. The second-order valence-electron chi connectivity index (χ2n) is 4.14. The molecule has 2 aromatic rings. The number of benzene rings is 2. The van der Waals surface area contributed by atoms with Crippen molar-refractivity contribution in [2.45, 2.75) is 6.18 Å². The van der Waals surface area contributed by atoms with Gasteiger partial charge in [0, 0.05) is 5.57 Å². The molecule has 0 saturated carbocycles. The highest BCUT2D eigenvalue weighted by molar-refractivity contribution is 6.18. The van der Waals surface area contributed by atoms with E-state index < -0.39 is 11.7 Å². The Labute approximate surface area is 114 Å².